The van der Waals surface area contributed by atoms with E-state index >= 15 is 0 Å². The van der Waals surface area contributed by atoms with Crippen molar-refractivity contribution in [3.8, 4) is 0 Å². The van der Waals surface area contributed by atoms with Crippen molar-refractivity contribution in [3.63, 3.8) is 0 Å². The molecule has 0 saturated heterocycles. The molecule has 0 aliphatic heterocycles. The Morgan fingerprint density at radius 2 is 0.300 bits per heavy atom. The van der Waals surface area contributed by atoms with Crippen LogP contribution in [0.1, 0.15) is 0 Å². The van der Waals surface area contributed by atoms with Crippen molar-refractivity contribution >= 4 is 264 Å². The maximum Gasteiger partial charge on any atom is -0.00386 e. The second-order valence-corrected chi connectivity index (χ2v) is 31.3. The summed E-state index contributed by atoms with van der Waals surface area (Å²) in [4.78, 5) is 0. The van der Waals surface area contributed by atoms with E-state index < -0.39 is 0 Å². The lowest BCUT2D eigenvalue weighted by Gasteiger charge is -2.08. The minimum absolute atomic E-state index is 1.05. The molecular formula is C120H88. The van der Waals surface area contributed by atoms with Gasteiger partial charge in [-0.3, -0.25) is 0 Å². The van der Waals surface area contributed by atoms with Crippen LogP contribution in [0.2, 0.25) is 0 Å². The first-order chi connectivity index (χ1) is 58.2. The summed E-state index contributed by atoms with van der Waals surface area (Å²) in [6.07, 6.45) is 0. The molecule has 0 aliphatic rings. The lowest BCUT2D eigenvalue weighted by atomic mass is 9.96. The summed E-state index contributed by atoms with van der Waals surface area (Å²) in [5.74, 6) is 0. The first-order valence-electron chi connectivity index (χ1n) is 40.3. The largest absolute Gasteiger partial charge is 0.0917 e. The minimum atomic E-state index is 1.05. The zero-order valence-electron chi connectivity index (χ0n) is 67.5. The third-order valence-corrected chi connectivity index (χ3v) is 23.1. The van der Waals surface area contributed by atoms with E-state index in [4.69, 9.17) is 0 Å². The molecule has 0 unspecified atom stereocenters. The number of hydrogen-bond acceptors (Lipinski definition) is 0. The van der Waals surface area contributed by atoms with Crippen molar-refractivity contribution in [1.82, 2.24) is 0 Å². The van der Waals surface area contributed by atoms with Gasteiger partial charge in [0.15, 0.2) is 0 Å². The zero-order valence-corrected chi connectivity index (χ0v) is 67.5. The first kappa shape index (κ1) is 77.0. The van der Waals surface area contributed by atoms with Crippen LogP contribution in [-0.2, 0) is 0 Å². The van der Waals surface area contributed by atoms with E-state index in [0.29, 0.717) is 0 Å². The van der Waals surface area contributed by atoms with Crippen LogP contribution in [0.25, 0.3) is 264 Å². The van der Waals surface area contributed by atoms with E-state index in [1.165, 1.54) is 172 Å². The first-order valence-corrected chi connectivity index (χ1v) is 40.3. The van der Waals surface area contributed by atoms with E-state index in [0.717, 1.165) is 73.1 Å². The molecule has 0 saturated carbocycles. The molecule has 0 aliphatic carbocycles. The molecule has 0 N–H and O–H groups in total. The Kier molecular flexibility index (Phi) is 20.9. The molecule has 0 aromatic heterocycles. The summed E-state index contributed by atoms with van der Waals surface area (Å²) in [7, 11) is 0. The molecule has 0 bridgehead atoms. The van der Waals surface area contributed by atoms with Crippen molar-refractivity contribution in [2.24, 2.45) is 0 Å². The second-order valence-electron chi connectivity index (χ2n) is 31.3. The molecule has 0 radical (unpaired) electrons. The number of rotatable bonds is 0. The van der Waals surface area contributed by atoms with Gasteiger partial charge in [0.2, 0.25) is 0 Å². The van der Waals surface area contributed by atoms with E-state index in [-0.39, 0.29) is 0 Å². The van der Waals surface area contributed by atoms with E-state index in [1.807, 2.05) is 60.7 Å². The van der Waals surface area contributed by atoms with Crippen LogP contribution in [0.3, 0.4) is 0 Å². The van der Waals surface area contributed by atoms with Gasteiger partial charge in [-0.2, -0.15) is 0 Å². The average Bonchev–Trinajstić information content (AvgIpc) is 0.721. The van der Waals surface area contributed by atoms with Gasteiger partial charge in [0.05, 0.1) is 0 Å². The van der Waals surface area contributed by atoms with Crippen LogP contribution in [0.5, 0.6) is 0 Å². The van der Waals surface area contributed by atoms with E-state index in [9.17, 15) is 0 Å². The lowest BCUT2D eigenvalue weighted by Crippen LogP contribution is -2.01. The molecule has 0 spiro atoms. The molecule has 0 heterocycles. The maximum absolute atomic E-state index is 4.18. The summed E-state index contributed by atoms with van der Waals surface area (Å²) in [6, 6.07) is 127. The summed E-state index contributed by atoms with van der Waals surface area (Å²) < 4.78 is 0. The Hall–Kier alpha value is -15.6. The van der Waals surface area contributed by atoms with Crippen LogP contribution in [0.4, 0.5) is 0 Å². The van der Waals surface area contributed by atoms with Gasteiger partial charge in [0.25, 0.3) is 0 Å². The van der Waals surface area contributed by atoms with Gasteiger partial charge in [-0.25, -0.2) is 0 Å². The van der Waals surface area contributed by atoms with Crippen LogP contribution in [-0.4, -0.2) is 0 Å². The Labute approximate surface area is 696 Å². The summed E-state index contributed by atoms with van der Waals surface area (Å²) in [6.45, 7) is 56.5. The zero-order chi connectivity index (χ0) is 83.0. The average molecular weight is 1530 g/mol. The van der Waals surface area contributed by atoms with Crippen LogP contribution in [0.15, 0.2) is 364 Å². The van der Waals surface area contributed by atoms with Gasteiger partial charge in [0, 0.05) is 0 Å². The molecule has 23 rings (SSSR count). The molecule has 120 heavy (non-hydrogen) atoms. The SMILES string of the molecule is C=c1ccc2c(ccc3c2ccc2cccc(=C)c23)c1.C=c1ccc2c(ccc3c4ccc(=C)cc4ccc23)c1.C=c1ccc2c(ccc3cc(=C)ccc32)c1.C=c1ccc2c(ccc3cccc(=C)c32)c1.C=c1ccc2ccc3c(=C)cccc3c2c1.C=c1cccc2c1ccc1c(=C)cccc12.C=c1cccc2cc3c(=C)cccc3cc12. The normalized spacial score (nSPS) is 11.1. The third-order valence-electron chi connectivity index (χ3n) is 23.1. The second kappa shape index (κ2) is 32.6. The highest BCUT2D eigenvalue weighted by molar-refractivity contribution is 6.19. The fourth-order valence-corrected chi connectivity index (χ4v) is 17.1. The highest BCUT2D eigenvalue weighted by atomic mass is 14.1. The smallest absolute Gasteiger partial charge is 0.00386 e. The van der Waals surface area contributed by atoms with Gasteiger partial charge in [0.1, 0.15) is 0 Å². The standard InChI is InChI=1S/2C20H14.5C16H12/c1-13-3-7-17-15(11-13)5-9-20-18-8-4-14(2)12-16(18)6-10-19(17)20;1-13-6-9-17-16(12-13)8-11-19-18(17)10-7-15-5-3-4-14(2)20(15)19;1-11-3-7-15-13(9-11)5-6-14-10-12(2)4-8-16(14)15;1-11-5-3-7-13-10-16-12(2)6-4-8-14(16)9-15(11)13;1-11-5-3-7-15-13(11)9-10-14-12(2)6-4-8-16(14)15;1-11-6-9-15-14(10-11)8-7-13-5-3-4-12(2)16(13)15;1-11-6-7-13-8-9-14-12(2)4-3-5-15(14)16(13)10-11/h2*3-12H,1-2H2;5*3-10H,1-2H2. The molecule has 23 aromatic carbocycles. The Morgan fingerprint density at radius 1 is 0.100 bits per heavy atom. The highest BCUT2D eigenvalue weighted by Gasteiger charge is 2.10. The van der Waals surface area contributed by atoms with Crippen LogP contribution >= 0.6 is 0 Å². The van der Waals surface area contributed by atoms with Gasteiger partial charge in [-0.05, 0) is 300 Å². The Bertz CT molecular complexity index is 8560. The quantitative estimate of drug-likeness (QED) is 0.105. The highest BCUT2D eigenvalue weighted by Crippen LogP contribution is 2.33. The Morgan fingerprint density at radius 3 is 0.692 bits per heavy atom. The molecule has 0 fully saturated rings. The fourth-order valence-electron chi connectivity index (χ4n) is 17.1. The predicted molar refractivity (Wildman–Crippen MR) is 537 cm³/mol. The van der Waals surface area contributed by atoms with Crippen molar-refractivity contribution < 1.29 is 0 Å². The number of hydrogen-bond donors (Lipinski definition) is 0. The van der Waals surface area contributed by atoms with Gasteiger partial charge in [-0.1, -0.05) is 401 Å². The molecule has 0 amide bonds. The van der Waals surface area contributed by atoms with Crippen molar-refractivity contribution in [3.05, 3.63) is 437 Å². The molecule has 0 atom stereocenters. The van der Waals surface area contributed by atoms with E-state index in [1.54, 1.807) is 0 Å². The van der Waals surface area contributed by atoms with Gasteiger partial charge < -0.3 is 0 Å². The fraction of sp³-hybridized carbons (Fsp3) is 0. The predicted octanol–water partition coefficient (Wildman–Crippen LogP) is 22.0. The third kappa shape index (κ3) is 15.4. The molecule has 0 nitrogen and oxygen atoms in total. The summed E-state index contributed by atoms with van der Waals surface area (Å²) >= 11 is 0. The van der Waals surface area contributed by atoms with Gasteiger partial charge >= 0.3 is 0 Å². The van der Waals surface area contributed by atoms with Crippen molar-refractivity contribution in [2.75, 3.05) is 0 Å². The van der Waals surface area contributed by atoms with Crippen LogP contribution in [0, 0.1) is 0 Å². The topological polar surface area (TPSA) is 0 Å². The van der Waals surface area contributed by atoms with Crippen LogP contribution < -0.4 is 73.1 Å². The molecule has 23 aromatic rings. The number of benzene rings is 23. The van der Waals surface area contributed by atoms with Gasteiger partial charge in [-0.15, -0.1) is 0 Å². The van der Waals surface area contributed by atoms with Crippen molar-refractivity contribution in [2.45, 2.75) is 0 Å². The molecular weight excluding hydrogens is 1440 g/mol. The monoisotopic (exact) mass is 1530 g/mol. The van der Waals surface area contributed by atoms with E-state index in [2.05, 4.69) is 395 Å². The number of fused-ring (bicyclic) bond motifs is 24. The summed E-state index contributed by atoms with van der Waals surface area (Å²) in [5, 5.41) is 55.1. The molecule has 568 valence electrons. The van der Waals surface area contributed by atoms with Crippen molar-refractivity contribution in [1.29, 1.82) is 0 Å². The molecule has 0 heteroatoms. The maximum atomic E-state index is 4.18. The lowest BCUT2D eigenvalue weighted by molar-refractivity contribution is 1.67. The summed E-state index contributed by atoms with van der Waals surface area (Å²) in [5.41, 5.74) is 0. The minimum Gasteiger partial charge on any atom is -0.0917 e. The Balaban J connectivity index is 0.000000100.